The zero-order chi connectivity index (χ0) is 15.9. The van der Waals surface area contributed by atoms with Crippen molar-refractivity contribution in [3.8, 4) is 11.5 Å². The maximum atomic E-state index is 12.0. The Kier molecular flexibility index (Phi) is 5.08. The second-order valence-electron chi connectivity index (χ2n) is 4.51. The quantitative estimate of drug-likeness (QED) is 0.352. The Balaban J connectivity index is 2.00. The minimum Gasteiger partial charge on any atom is -0.494 e. The molecule has 0 bridgehead atoms. The van der Waals surface area contributed by atoms with Crippen LogP contribution in [-0.4, -0.2) is 17.5 Å². The molecule has 2 rings (SSSR count). The maximum absolute atomic E-state index is 12.0. The number of esters is 1. The van der Waals surface area contributed by atoms with Crippen LogP contribution in [0.3, 0.4) is 0 Å². The van der Waals surface area contributed by atoms with Gasteiger partial charge in [-0.1, -0.05) is 6.92 Å². The summed E-state index contributed by atoms with van der Waals surface area (Å²) in [5.74, 6) is 0.409. The maximum Gasteiger partial charge on any atom is 0.343 e. The van der Waals surface area contributed by atoms with Gasteiger partial charge >= 0.3 is 5.97 Å². The SMILES string of the molecule is CCCOc1ccc(C(=O)Oc2ccc([N+](=O)[O-])cc2)cc1. The fourth-order valence-electron chi connectivity index (χ4n) is 1.71. The molecule has 0 unspecified atom stereocenters. The molecule has 0 aliphatic carbocycles. The number of rotatable bonds is 6. The Labute approximate surface area is 127 Å². The van der Waals surface area contributed by atoms with E-state index in [0.717, 1.165) is 6.42 Å². The van der Waals surface area contributed by atoms with Gasteiger partial charge in [-0.2, -0.15) is 0 Å². The second kappa shape index (κ2) is 7.21. The summed E-state index contributed by atoms with van der Waals surface area (Å²) in [5.41, 5.74) is 0.319. The number of hydrogen-bond donors (Lipinski definition) is 0. The number of non-ortho nitro benzene ring substituents is 1. The number of benzene rings is 2. The molecule has 0 saturated carbocycles. The highest BCUT2D eigenvalue weighted by Gasteiger charge is 2.10. The van der Waals surface area contributed by atoms with Crippen molar-refractivity contribution in [2.45, 2.75) is 13.3 Å². The van der Waals surface area contributed by atoms with Gasteiger partial charge in [0.1, 0.15) is 11.5 Å². The molecule has 2 aromatic rings. The fourth-order valence-corrected chi connectivity index (χ4v) is 1.71. The van der Waals surface area contributed by atoms with Crippen molar-refractivity contribution in [1.29, 1.82) is 0 Å². The van der Waals surface area contributed by atoms with Gasteiger partial charge in [-0.25, -0.2) is 4.79 Å². The number of carbonyl (C=O) groups is 1. The summed E-state index contributed by atoms with van der Waals surface area (Å²) in [7, 11) is 0. The molecule has 0 saturated heterocycles. The predicted molar refractivity (Wildman–Crippen MR) is 80.3 cm³/mol. The zero-order valence-electron chi connectivity index (χ0n) is 12.0. The van der Waals surface area contributed by atoms with Gasteiger partial charge in [0.15, 0.2) is 0 Å². The third kappa shape index (κ3) is 4.05. The lowest BCUT2D eigenvalue weighted by Crippen LogP contribution is -2.08. The normalized spacial score (nSPS) is 10.0. The van der Waals surface area contributed by atoms with Crippen molar-refractivity contribution in [2.24, 2.45) is 0 Å². The third-order valence-electron chi connectivity index (χ3n) is 2.82. The number of nitrogens with zero attached hydrogens (tertiary/aromatic N) is 1. The second-order valence-corrected chi connectivity index (χ2v) is 4.51. The summed E-state index contributed by atoms with van der Waals surface area (Å²) in [6.07, 6.45) is 0.907. The molecule has 0 fully saturated rings. The zero-order valence-corrected chi connectivity index (χ0v) is 12.0. The first-order valence-electron chi connectivity index (χ1n) is 6.79. The van der Waals surface area contributed by atoms with E-state index in [9.17, 15) is 14.9 Å². The van der Waals surface area contributed by atoms with Gasteiger partial charge in [-0.05, 0) is 42.8 Å². The molecule has 6 heteroatoms. The standard InChI is InChI=1S/C16H15NO5/c1-2-11-21-14-7-3-12(4-8-14)16(18)22-15-9-5-13(6-10-15)17(19)20/h3-10H,2,11H2,1H3. The van der Waals surface area contributed by atoms with E-state index in [0.29, 0.717) is 17.9 Å². The Morgan fingerprint density at radius 3 is 2.18 bits per heavy atom. The van der Waals surface area contributed by atoms with E-state index in [2.05, 4.69) is 0 Å². The summed E-state index contributed by atoms with van der Waals surface area (Å²) in [4.78, 5) is 22.0. The van der Waals surface area contributed by atoms with E-state index in [1.807, 2.05) is 6.92 Å². The van der Waals surface area contributed by atoms with Crippen molar-refractivity contribution < 1.29 is 19.2 Å². The van der Waals surface area contributed by atoms with E-state index in [1.54, 1.807) is 24.3 Å². The van der Waals surface area contributed by atoms with Crippen LogP contribution in [0.4, 0.5) is 5.69 Å². The fraction of sp³-hybridized carbons (Fsp3) is 0.188. The molecule has 0 aliphatic rings. The number of nitro benzene ring substituents is 1. The molecule has 0 N–H and O–H groups in total. The van der Waals surface area contributed by atoms with Gasteiger partial charge in [0.2, 0.25) is 0 Å². The average molecular weight is 301 g/mol. The summed E-state index contributed by atoms with van der Waals surface area (Å²) in [6, 6.07) is 11.9. The molecular weight excluding hydrogens is 286 g/mol. The molecule has 2 aromatic carbocycles. The van der Waals surface area contributed by atoms with Crippen LogP contribution in [0.5, 0.6) is 11.5 Å². The lowest BCUT2D eigenvalue weighted by Gasteiger charge is -2.06. The Bertz CT molecular complexity index is 649. The highest BCUT2D eigenvalue weighted by molar-refractivity contribution is 5.91. The molecule has 114 valence electrons. The monoisotopic (exact) mass is 301 g/mol. The van der Waals surface area contributed by atoms with Crippen LogP contribution >= 0.6 is 0 Å². The summed E-state index contributed by atoms with van der Waals surface area (Å²) in [6.45, 7) is 2.63. The minimum absolute atomic E-state index is 0.0581. The van der Waals surface area contributed by atoms with Crippen LogP contribution in [0.1, 0.15) is 23.7 Å². The minimum atomic E-state index is -0.532. The number of carbonyl (C=O) groups excluding carboxylic acids is 1. The molecule has 0 heterocycles. The van der Waals surface area contributed by atoms with E-state index in [4.69, 9.17) is 9.47 Å². The first kappa shape index (κ1) is 15.5. The number of nitro groups is 1. The number of hydrogen-bond acceptors (Lipinski definition) is 5. The average Bonchev–Trinajstić information content (AvgIpc) is 2.54. The molecule has 0 aromatic heterocycles. The van der Waals surface area contributed by atoms with Gasteiger partial charge in [-0.15, -0.1) is 0 Å². The van der Waals surface area contributed by atoms with Crippen molar-refractivity contribution in [2.75, 3.05) is 6.61 Å². The first-order valence-corrected chi connectivity index (χ1v) is 6.79. The van der Waals surface area contributed by atoms with Gasteiger partial charge in [-0.3, -0.25) is 10.1 Å². The van der Waals surface area contributed by atoms with Gasteiger partial charge in [0.25, 0.3) is 5.69 Å². The highest BCUT2D eigenvalue weighted by Crippen LogP contribution is 2.19. The van der Waals surface area contributed by atoms with Crippen molar-refractivity contribution in [3.05, 3.63) is 64.2 Å². The molecule has 0 amide bonds. The smallest absolute Gasteiger partial charge is 0.343 e. The summed E-state index contributed by atoms with van der Waals surface area (Å²) < 4.78 is 10.6. The molecule has 0 aliphatic heterocycles. The van der Waals surface area contributed by atoms with Gasteiger partial charge in [0, 0.05) is 12.1 Å². The van der Waals surface area contributed by atoms with E-state index in [-0.39, 0.29) is 11.4 Å². The first-order chi connectivity index (χ1) is 10.6. The topological polar surface area (TPSA) is 78.7 Å². The van der Waals surface area contributed by atoms with Crippen LogP contribution in [0.25, 0.3) is 0 Å². The van der Waals surface area contributed by atoms with Crippen LogP contribution in [0, 0.1) is 10.1 Å². The Hall–Kier alpha value is -2.89. The lowest BCUT2D eigenvalue weighted by atomic mass is 10.2. The molecular formula is C16H15NO5. The van der Waals surface area contributed by atoms with Crippen LogP contribution < -0.4 is 9.47 Å². The molecule has 0 atom stereocenters. The molecule has 0 radical (unpaired) electrons. The van der Waals surface area contributed by atoms with Crippen molar-refractivity contribution in [1.82, 2.24) is 0 Å². The molecule has 0 spiro atoms. The largest absolute Gasteiger partial charge is 0.494 e. The van der Waals surface area contributed by atoms with E-state index in [1.165, 1.54) is 24.3 Å². The Morgan fingerprint density at radius 2 is 1.64 bits per heavy atom. The van der Waals surface area contributed by atoms with Gasteiger partial charge in [0.05, 0.1) is 17.1 Å². The van der Waals surface area contributed by atoms with Crippen LogP contribution in [-0.2, 0) is 0 Å². The van der Waals surface area contributed by atoms with Crippen LogP contribution in [0.15, 0.2) is 48.5 Å². The predicted octanol–water partition coefficient (Wildman–Crippen LogP) is 3.60. The lowest BCUT2D eigenvalue weighted by molar-refractivity contribution is -0.384. The van der Waals surface area contributed by atoms with E-state index >= 15 is 0 Å². The van der Waals surface area contributed by atoms with E-state index < -0.39 is 10.9 Å². The molecule has 6 nitrogen and oxygen atoms in total. The summed E-state index contributed by atoms with van der Waals surface area (Å²) in [5, 5.41) is 10.5. The Morgan fingerprint density at radius 1 is 1.05 bits per heavy atom. The third-order valence-corrected chi connectivity index (χ3v) is 2.82. The number of ether oxygens (including phenoxy) is 2. The highest BCUT2D eigenvalue weighted by atomic mass is 16.6. The van der Waals surface area contributed by atoms with Gasteiger partial charge < -0.3 is 9.47 Å². The summed E-state index contributed by atoms with van der Waals surface area (Å²) >= 11 is 0. The van der Waals surface area contributed by atoms with Crippen molar-refractivity contribution in [3.63, 3.8) is 0 Å². The molecule has 22 heavy (non-hydrogen) atoms. The van der Waals surface area contributed by atoms with Crippen molar-refractivity contribution >= 4 is 11.7 Å². The van der Waals surface area contributed by atoms with Crippen LogP contribution in [0.2, 0.25) is 0 Å².